The summed E-state index contributed by atoms with van der Waals surface area (Å²) in [7, 11) is -1.85. The molecule has 0 spiro atoms. The summed E-state index contributed by atoms with van der Waals surface area (Å²) in [6.07, 6.45) is 0. The van der Waals surface area contributed by atoms with Crippen LogP contribution in [0.4, 0.5) is 0 Å². The minimum Gasteiger partial charge on any atom is -0.509 e. The molecule has 6 heteroatoms. The van der Waals surface area contributed by atoms with Crippen LogP contribution in [0.5, 0.6) is 17.2 Å². The van der Waals surface area contributed by atoms with Crippen LogP contribution in [0.25, 0.3) is 0 Å². The minimum absolute atomic E-state index is 0.122. The summed E-state index contributed by atoms with van der Waals surface area (Å²) in [5, 5.41) is 17.1. The highest BCUT2D eigenvalue weighted by Crippen LogP contribution is 2.40. The van der Waals surface area contributed by atoms with Crippen LogP contribution >= 0.6 is 0 Å². The van der Waals surface area contributed by atoms with Crippen LogP contribution in [-0.4, -0.2) is 24.2 Å². The van der Waals surface area contributed by atoms with Gasteiger partial charge in [0.05, 0.1) is 0 Å². The van der Waals surface area contributed by atoms with Gasteiger partial charge in [0.1, 0.15) is 5.75 Å². The summed E-state index contributed by atoms with van der Waals surface area (Å²) < 4.78 is 14.8. The summed E-state index contributed by atoms with van der Waals surface area (Å²) in [6.45, 7) is 0.122. The molecule has 0 radical (unpaired) electrons. The third-order valence-corrected chi connectivity index (χ3v) is 1.59. The first kappa shape index (κ1) is 8.21. The molecule has 0 aliphatic carbocycles. The molecule has 1 heterocycles. The predicted octanol–water partition coefficient (Wildman–Crippen LogP) is -0.236. The number of para-hydroxylation sites is 1. The highest BCUT2D eigenvalue weighted by molar-refractivity contribution is 6.33. The largest absolute Gasteiger partial charge is 0.707 e. The lowest BCUT2D eigenvalue weighted by molar-refractivity contribution is 0.171. The van der Waals surface area contributed by atoms with Crippen molar-refractivity contribution in [1.82, 2.24) is 0 Å². The van der Waals surface area contributed by atoms with Crippen molar-refractivity contribution in [3.8, 4) is 17.2 Å². The summed E-state index contributed by atoms with van der Waals surface area (Å²) in [6, 6.07) is 4.94. The van der Waals surface area contributed by atoms with E-state index in [4.69, 9.17) is 19.5 Å². The van der Waals surface area contributed by atoms with Gasteiger partial charge in [-0.1, -0.05) is 6.07 Å². The normalized spacial score (nSPS) is 12.8. The molecular formula is C7H7BO5. The fourth-order valence-electron chi connectivity index (χ4n) is 1.11. The fourth-order valence-corrected chi connectivity index (χ4v) is 1.11. The number of rotatable bonds is 2. The Labute approximate surface area is 74.6 Å². The van der Waals surface area contributed by atoms with E-state index < -0.39 is 7.32 Å². The van der Waals surface area contributed by atoms with Crippen LogP contribution in [0.15, 0.2) is 18.2 Å². The van der Waals surface area contributed by atoms with E-state index in [9.17, 15) is 0 Å². The molecule has 2 rings (SSSR count). The van der Waals surface area contributed by atoms with E-state index in [0.717, 1.165) is 0 Å². The summed E-state index contributed by atoms with van der Waals surface area (Å²) in [5.41, 5.74) is 0. The van der Waals surface area contributed by atoms with Crippen LogP contribution in [0, 0.1) is 0 Å². The molecule has 1 aliphatic heterocycles. The van der Waals surface area contributed by atoms with Crippen LogP contribution in [0.2, 0.25) is 0 Å². The zero-order valence-corrected chi connectivity index (χ0v) is 6.64. The molecular weight excluding hydrogens is 175 g/mol. The van der Waals surface area contributed by atoms with Gasteiger partial charge in [0.15, 0.2) is 5.75 Å². The van der Waals surface area contributed by atoms with E-state index in [1.54, 1.807) is 18.2 Å². The van der Waals surface area contributed by atoms with Crippen molar-refractivity contribution in [1.29, 1.82) is 0 Å². The Hall–Kier alpha value is -1.40. The second kappa shape index (κ2) is 3.16. The summed E-state index contributed by atoms with van der Waals surface area (Å²) in [5.74, 6) is 1.19. The monoisotopic (exact) mass is 182 g/mol. The van der Waals surface area contributed by atoms with Crippen molar-refractivity contribution in [2.24, 2.45) is 0 Å². The van der Waals surface area contributed by atoms with Crippen LogP contribution in [0.3, 0.4) is 0 Å². The number of hydrogen-bond donors (Lipinski definition) is 2. The van der Waals surface area contributed by atoms with E-state index in [1.807, 2.05) is 0 Å². The van der Waals surface area contributed by atoms with Gasteiger partial charge in [-0.2, -0.15) is 0 Å². The Bertz CT molecular complexity index is 314. The first-order valence-electron chi connectivity index (χ1n) is 3.69. The second-order valence-electron chi connectivity index (χ2n) is 2.43. The quantitative estimate of drug-likeness (QED) is 0.618. The average molecular weight is 182 g/mol. The molecule has 0 atom stereocenters. The standard InChI is InChI=1S/C7H7BO5/c9-8(10)13-6-3-1-2-5-7(6)12-4-11-5/h1-3,9-10H,4H2. The molecule has 68 valence electrons. The molecule has 13 heavy (non-hydrogen) atoms. The molecule has 0 unspecified atom stereocenters. The molecule has 0 aromatic heterocycles. The van der Waals surface area contributed by atoms with Crippen molar-refractivity contribution < 1.29 is 24.2 Å². The van der Waals surface area contributed by atoms with E-state index in [2.05, 4.69) is 4.65 Å². The van der Waals surface area contributed by atoms with Gasteiger partial charge in [-0.3, -0.25) is 0 Å². The molecule has 1 aliphatic rings. The number of ether oxygens (including phenoxy) is 2. The second-order valence-corrected chi connectivity index (χ2v) is 2.43. The number of hydrogen-bond acceptors (Lipinski definition) is 5. The summed E-state index contributed by atoms with van der Waals surface area (Å²) >= 11 is 0. The van der Waals surface area contributed by atoms with Gasteiger partial charge in [0.2, 0.25) is 12.5 Å². The average Bonchev–Trinajstić information content (AvgIpc) is 2.51. The molecule has 0 bridgehead atoms. The Kier molecular flexibility index (Phi) is 1.99. The van der Waals surface area contributed by atoms with Crippen molar-refractivity contribution in [3.05, 3.63) is 18.2 Å². The maximum atomic E-state index is 8.57. The van der Waals surface area contributed by atoms with Gasteiger partial charge in [0, 0.05) is 0 Å². The molecule has 0 amide bonds. The Morgan fingerprint density at radius 1 is 1.31 bits per heavy atom. The third-order valence-electron chi connectivity index (χ3n) is 1.59. The SMILES string of the molecule is OB(O)Oc1cccc2c1OCO2. The maximum absolute atomic E-state index is 8.57. The lowest BCUT2D eigenvalue weighted by atomic mass is 10.2. The molecule has 1 aromatic rings. The van der Waals surface area contributed by atoms with Crippen molar-refractivity contribution in [2.45, 2.75) is 0 Å². The maximum Gasteiger partial charge on any atom is 0.707 e. The van der Waals surface area contributed by atoms with E-state index in [1.165, 1.54) is 0 Å². The molecule has 5 nitrogen and oxygen atoms in total. The van der Waals surface area contributed by atoms with Crippen LogP contribution < -0.4 is 14.1 Å². The smallest absolute Gasteiger partial charge is 0.509 e. The first-order valence-corrected chi connectivity index (χ1v) is 3.69. The number of benzene rings is 1. The van der Waals surface area contributed by atoms with Crippen molar-refractivity contribution in [3.63, 3.8) is 0 Å². The van der Waals surface area contributed by atoms with E-state index >= 15 is 0 Å². The van der Waals surface area contributed by atoms with E-state index in [-0.39, 0.29) is 12.5 Å². The van der Waals surface area contributed by atoms with Crippen LogP contribution in [0.1, 0.15) is 0 Å². The van der Waals surface area contributed by atoms with Crippen molar-refractivity contribution >= 4 is 7.32 Å². The Morgan fingerprint density at radius 2 is 2.15 bits per heavy atom. The van der Waals surface area contributed by atoms with Gasteiger partial charge in [-0.05, 0) is 12.1 Å². The first-order chi connectivity index (χ1) is 6.27. The van der Waals surface area contributed by atoms with Gasteiger partial charge in [-0.15, -0.1) is 0 Å². The zero-order chi connectivity index (χ0) is 9.26. The third kappa shape index (κ3) is 1.54. The van der Waals surface area contributed by atoms with Crippen molar-refractivity contribution in [2.75, 3.05) is 6.79 Å². The molecule has 2 N–H and O–H groups in total. The topological polar surface area (TPSA) is 68.2 Å². The van der Waals surface area contributed by atoms with E-state index in [0.29, 0.717) is 11.5 Å². The minimum atomic E-state index is -1.85. The Balaban J connectivity index is 2.30. The van der Waals surface area contributed by atoms with Gasteiger partial charge < -0.3 is 24.2 Å². The highest BCUT2D eigenvalue weighted by Gasteiger charge is 2.21. The lowest BCUT2D eigenvalue weighted by Crippen LogP contribution is -2.20. The highest BCUT2D eigenvalue weighted by atomic mass is 16.7. The molecule has 1 aromatic carbocycles. The Morgan fingerprint density at radius 3 is 2.92 bits per heavy atom. The van der Waals surface area contributed by atoms with Crippen LogP contribution in [-0.2, 0) is 0 Å². The molecule has 0 saturated carbocycles. The number of fused-ring (bicyclic) bond motifs is 1. The van der Waals surface area contributed by atoms with Gasteiger partial charge in [0.25, 0.3) is 0 Å². The molecule has 0 fully saturated rings. The fraction of sp³-hybridized carbons (Fsp3) is 0.143. The lowest BCUT2D eigenvalue weighted by Gasteiger charge is -2.06. The molecule has 0 saturated heterocycles. The van der Waals surface area contributed by atoms with Gasteiger partial charge >= 0.3 is 7.32 Å². The van der Waals surface area contributed by atoms with Gasteiger partial charge in [-0.25, -0.2) is 0 Å². The summed E-state index contributed by atoms with van der Waals surface area (Å²) in [4.78, 5) is 0. The zero-order valence-electron chi connectivity index (χ0n) is 6.64. The predicted molar refractivity (Wildman–Crippen MR) is 43.4 cm³/mol.